The molecule has 0 saturated heterocycles. The quantitative estimate of drug-likeness (QED) is 0.692. The fraction of sp³-hybridized carbons (Fsp3) is 0.0625. The zero-order valence-electron chi connectivity index (χ0n) is 10.3. The Bertz CT molecular complexity index is 634. The third-order valence-corrected chi connectivity index (χ3v) is 4.72. The molecule has 0 radical (unpaired) electrons. The van der Waals surface area contributed by atoms with E-state index in [0.29, 0.717) is 20.8 Å². The molecular weight excluding hydrogens is 301 g/mol. The van der Waals surface area contributed by atoms with Gasteiger partial charge in [-0.15, -0.1) is 0 Å². The van der Waals surface area contributed by atoms with Gasteiger partial charge < -0.3 is 0 Å². The molecule has 0 aliphatic rings. The Balaban J connectivity index is 1.69. The van der Waals surface area contributed by atoms with Gasteiger partial charge in [-0.2, -0.15) is 0 Å². The number of hydrogen-bond acceptors (Lipinski definition) is 2. The van der Waals surface area contributed by atoms with Crippen LogP contribution in [0.1, 0.15) is 5.56 Å². The molecule has 0 aliphatic carbocycles. The zero-order chi connectivity index (χ0) is 12.9. The molecule has 0 unspecified atom stereocenters. The summed E-state index contributed by atoms with van der Waals surface area (Å²) in [6, 6.07) is 20.5. The number of nitrogens with zero attached hydrogens (tertiary/aromatic N) is 1. The predicted octanol–water partition coefficient (Wildman–Crippen LogP) is 2.87. The van der Waals surface area contributed by atoms with Crippen molar-refractivity contribution in [2.75, 3.05) is 0 Å². The van der Waals surface area contributed by atoms with Gasteiger partial charge in [0.1, 0.15) is 0 Å². The maximum absolute atomic E-state index is 5.81. The first kappa shape index (κ1) is 12.2. The molecule has 1 heterocycles. The van der Waals surface area contributed by atoms with Gasteiger partial charge in [-0.1, -0.05) is 0 Å². The Morgan fingerprint density at radius 1 is 0.895 bits per heavy atom. The van der Waals surface area contributed by atoms with Gasteiger partial charge >= 0.3 is 118 Å². The van der Waals surface area contributed by atoms with Crippen molar-refractivity contribution in [3.63, 3.8) is 0 Å². The van der Waals surface area contributed by atoms with E-state index in [-0.39, 0.29) is 0 Å². The molecule has 3 rings (SSSR count). The Hall–Kier alpha value is -1.83. The van der Waals surface area contributed by atoms with Crippen molar-refractivity contribution in [3.05, 3.63) is 72.4 Å². The third-order valence-electron chi connectivity index (χ3n) is 2.73. The molecule has 2 nitrogen and oxygen atoms in total. The topological polar surface area (TPSA) is 26.0 Å². The van der Waals surface area contributed by atoms with Crippen LogP contribution in [0.5, 0.6) is 0 Å². The molecular formula is C16H13NOSe. The fourth-order valence-corrected chi connectivity index (χ4v) is 3.38. The molecule has 0 spiro atoms. The summed E-state index contributed by atoms with van der Waals surface area (Å²) in [6.45, 7) is 0. The van der Waals surface area contributed by atoms with Crippen LogP contribution in [0.2, 0.25) is 0 Å². The summed E-state index contributed by atoms with van der Waals surface area (Å²) in [5.74, 6) is 0.713. The van der Waals surface area contributed by atoms with Crippen molar-refractivity contribution in [1.29, 1.82) is 0 Å². The standard InChI is InChI=1S/C16H13NOSe/c1-3-7-13(8-4-1)12-19-15-11-17-16(18-15)14-9-5-2-6-10-14/h1-11H,12H2. The molecule has 0 amide bonds. The van der Waals surface area contributed by atoms with E-state index >= 15 is 0 Å². The maximum atomic E-state index is 5.81. The summed E-state index contributed by atoms with van der Waals surface area (Å²) < 4.78 is 6.80. The first-order valence-electron chi connectivity index (χ1n) is 6.10. The predicted molar refractivity (Wildman–Crippen MR) is 77.5 cm³/mol. The van der Waals surface area contributed by atoms with E-state index in [2.05, 4.69) is 29.2 Å². The zero-order valence-corrected chi connectivity index (χ0v) is 12.0. The van der Waals surface area contributed by atoms with Crippen LogP contribution < -0.4 is 4.66 Å². The molecule has 3 aromatic rings. The van der Waals surface area contributed by atoms with Crippen LogP contribution in [-0.4, -0.2) is 19.9 Å². The Morgan fingerprint density at radius 2 is 1.58 bits per heavy atom. The van der Waals surface area contributed by atoms with Crippen LogP contribution in [0.3, 0.4) is 0 Å². The van der Waals surface area contributed by atoms with Crippen molar-refractivity contribution < 1.29 is 4.42 Å². The van der Waals surface area contributed by atoms with Gasteiger partial charge in [0, 0.05) is 0 Å². The van der Waals surface area contributed by atoms with E-state index in [1.807, 2.05) is 42.6 Å². The summed E-state index contributed by atoms with van der Waals surface area (Å²) >= 11 is 0.293. The van der Waals surface area contributed by atoms with Crippen LogP contribution in [0.25, 0.3) is 11.5 Å². The van der Waals surface area contributed by atoms with E-state index < -0.39 is 0 Å². The molecule has 94 valence electrons. The van der Waals surface area contributed by atoms with Crippen molar-refractivity contribution in [2.45, 2.75) is 5.32 Å². The van der Waals surface area contributed by atoms with E-state index in [4.69, 9.17) is 4.42 Å². The van der Waals surface area contributed by atoms with Crippen molar-refractivity contribution >= 4 is 19.6 Å². The molecule has 0 saturated carbocycles. The molecule has 19 heavy (non-hydrogen) atoms. The van der Waals surface area contributed by atoms with E-state index in [0.717, 1.165) is 15.5 Å². The average Bonchev–Trinajstić information content (AvgIpc) is 2.96. The Kier molecular flexibility index (Phi) is 3.78. The second-order valence-electron chi connectivity index (χ2n) is 4.12. The van der Waals surface area contributed by atoms with E-state index in [1.165, 1.54) is 5.56 Å². The molecule has 3 heteroatoms. The minimum absolute atomic E-state index is 0.293. The average molecular weight is 314 g/mol. The molecule has 0 atom stereocenters. The number of benzene rings is 2. The van der Waals surface area contributed by atoms with Gasteiger partial charge in [0.15, 0.2) is 0 Å². The molecule has 0 bridgehead atoms. The number of hydrogen-bond donors (Lipinski definition) is 0. The van der Waals surface area contributed by atoms with Gasteiger partial charge in [-0.05, 0) is 0 Å². The van der Waals surface area contributed by atoms with Crippen LogP contribution in [-0.2, 0) is 5.32 Å². The van der Waals surface area contributed by atoms with Crippen LogP contribution in [0.4, 0.5) is 0 Å². The van der Waals surface area contributed by atoms with Crippen LogP contribution in [0.15, 0.2) is 71.3 Å². The van der Waals surface area contributed by atoms with Gasteiger partial charge in [0.25, 0.3) is 0 Å². The SMILES string of the molecule is c1ccc(C[Se]c2cnc(-c3ccccc3)o2)cc1. The van der Waals surface area contributed by atoms with Crippen molar-refractivity contribution in [1.82, 2.24) is 4.98 Å². The Labute approximate surface area is 118 Å². The van der Waals surface area contributed by atoms with Gasteiger partial charge in [-0.3, -0.25) is 0 Å². The summed E-state index contributed by atoms with van der Waals surface area (Å²) in [4.78, 5) is 4.35. The van der Waals surface area contributed by atoms with Crippen LogP contribution >= 0.6 is 0 Å². The summed E-state index contributed by atoms with van der Waals surface area (Å²) in [5.41, 5.74) is 2.38. The van der Waals surface area contributed by atoms with Gasteiger partial charge in [0.05, 0.1) is 0 Å². The fourth-order valence-electron chi connectivity index (χ4n) is 1.77. The van der Waals surface area contributed by atoms with E-state index in [1.54, 1.807) is 0 Å². The molecule has 0 aliphatic heterocycles. The number of aromatic nitrogens is 1. The summed E-state index contributed by atoms with van der Waals surface area (Å²) in [7, 11) is 0. The third kappa shape index (κ3) is 3.14. The summed E-state index contributed by atoms with van der Waals surface area (Å²) in [5, 5.41) is 1.04. The Morgan fingerprint density at radius 3 is 2.32 bits per heavy atom. The number of rotatable bonds is 4. The van der Waals surface area contributed by atoms with Crippen molar-refractivity contribution in [2.24, 2.45) is 0 Å². The summed E-state index contributed by atoms with van der Waals surface area (Å²) in [6.07, 6.45) is 1.85. The van der Waals surface area contributed by atoms with Crippen molar-refractivity contribution in [3.8, 4) is 11.5 Å². The van der Waals surface area contributed by atoms with Crippen LogP contribution in [0, 0.1) is 0 Å². The van der Waals surface area contributed by atoms with Gasteiger partial charge in [0.2, 0.25) is 0 Å². The minimum atomic E-state index is 0.293. The number of oxazole rings is 1. The first-order valence-corrected chi connectivity index (χ1v) is 8.16. The second kappa shape index (κ2) is 5.87. The van der Waals surface area contributed by atoms with E-state index in [9.17, 15) is 0 Å². The molecule has 0 N–H and O–H groups in total. The molecule has 1 aromatic heterocycles. The normalized spacial score (nSPS) is 10.5. The molecule has 2 aromatic carbocycles. The van der Waals surface area contributed by atoms with Gasteiger partial charge in [-0.25, -0.2) is 0 Å². The monoisotopic (exact) mass is 315 g/mol. The second-order valence-corrected chi connectivity index (χ2v) is 6.18. The molecule has 0 fully saturated rings. The first-order chi connectivity index (χ1) is 9.42.